The van der Waals surface area contributed by atoms with Gasteiger partial charge in [0.05, 0.1) is 10.9 Å². The molecule has 0 spiro atoms. The number of rotatable bonds is 4. The van der Waals surface area contributed by atoms with E-state index in [1.165, 1.54) is 0 Å². The molecule has 3 nitrogen and oxygen atoms in total. The molecule has 4 heteroatoms. The zero-order valence-corrected chi connectivity index (χ0v) is 13.0. The van der Waals surface area contributed by atoms with Crippen LogP contribution in [-0.2, 0) is 4.79 Å². The first-order chi connectivity index (χ1) is 10.6. The van der Waals surface area contributed by atoms with Crippen molar-refractivity contribution in [1.29, 1.82) is 0 Å². The Morgan fingerprint density at radius 1 is 1.14 bits per heavy atom. The second kappa shape index (κ2) is 6.49. The van der Waals surface area contributed by atoms with Gasteiger partial charge in [0.15, 0.2) is 0 Å². The summed E-state index contributed by atoms with van der Waals surface area (Å²) in [6, 6.07) is 9.61. The summed E-state index contributed by atoms with van der Waals surface area (Å²) in [5.74, 6) is -0.853. The van der Waals surface area contributed by atoms with Gasteiger partial charge in [-0.2, -0.15) is 0 Å². The van der Waals surface area contributed by atoms with Crippen LogP contribution in [0, 0.1) is 5.92 Å². The Kier molecular flexibility index (Phi) is 4.44. The lowest BCUT2D eigenvalue weighted by molar-refractivity contribution is -0.140. The maximum absolute atomic E-state index is 11.7. The lowest BCUT2D eigenvalue weighted by atomic mass is 9.84. The van der Waals surface area contributed by atoms with Crippen LogP contribution in [-0.4, -0.2) is 16.1 Å². The number of hydrogen-bond acceptors (Lipinski definition) is 2. The first kappa shape index (κ1) is 15.0. The van der Waals surface area contributed by atoms with E-state index in [2.05, 4.69) is 4.98 Å². The first-order valence-corrected chi connectivity index (χ1v) is 7.96. The molecule has 2 aromatic rings. The Balaban J connectivity index is 1.87. The second-order valence-electron chi connectivity index (χ2n) is 5.87. The molecule has 0 radical (unpaired) electrons. The first-order valence-electron chi connectivity index (χ1n) is 7.59. The molecule has 1 aliphatic rings. The van der Waals surface area contributed by atoms with Gasteiger partial charge in [0.2, 0.25) is 0 Å². The van der Waals surface area contributed by atoms with Crippen LogP contribution in [0.3, 0.4) is 0 Å². The maximum Gasteiger partial charge on any atom is 0.311 e. The van der Waals surface area contributed by atoms with Crippen LogP contribution in [0.15, 0.2) is 42.7 Å². The number of pyridine rings is 1. The van der Waals surface area contributed by atoms with E-state index in [9.17, 15) is 9.90 Å². The molecule has 0 saturated heterocycles. The normalized spacial score (nSPS) is 16.6. The number of carboxylic acid groups (broad SMARTS) is 1. The summed E-state index contributed by atoms with van der Waals surface area (Å²) >= 11 is 5.96. The maximum atomic E-state index is 11.7. The molecule has 0 bridgehead atoms. The summed E-state index contributed by atoms with van der Waals surface area (Å²) < 4.78 is 0. The van der Waals surface area contributed by atoms with E-state index >= 15 is 0 Å². The van der Waals surface area contributed by atoms with Gasteiger partial charge in [-0.05, 0) is 36.0 Å². The third-order valence-corrected chi connectivity index (χ3v) is 4.65. The smallest absolute Gasteiger partial charge is 0.311 e. The van der Waals surface area contributed by atoms with Gasteiger partial charge in [-0.1, -0.05) is 48.7 Å². The highest BCUT2D eigenvalue weighted by molar-refractivity contribution is 6.30. The molecule has 1 saturated carbocycles. The molecule has 0 amide bonds. The Morgan fingerprint density at radius 3 is 2.41 bits per heavy atom. The van der Waals surface area contributed by atoms with Crippen molar-refractivity contribution >= 4 is 17.6 Å². The summed E-state index contributed by atoms with van der Waals surface area (Å²) in [5, 5.41) is 10.2. The summed E-state index contributed by atoms with van der Waals surface area (Å²) in [7, 11) is 0. The van der Waals surface area contributed by atoms with Gasteiger partial charge >= 0.3 is 5.97 Å². The summed E-state index contributed by atoms with van der Waals surface area (Å²) in [6.07, 6.45) is 7.65. The third kappa shape index (κ3) is 3.14. The fourth-order valence-corrected chi connectivity index (χ4v) is 3.53. The van der Waals surface area contributed by atoms with Crippen LogP contribution in [0.1, 0.15) is 37.2 Å². The quantitative estimate of drug-likeness (QED) is 0.885. The van der Waals surface area contributed by atoms with Crippen molar-refractivity contribution in [3.8, 4) is 11.1 Å². The highest BCUT2D eigenvalue weighted by Crippen LogP contribution is 2.38. The minimum absolute atomic E-state index is 0.260. The fourth-order valence-electron chi connectivity index (χ4n) is 3.36. The zero-order chi connectivity index (χ0) is 15.5. The minimum Gasteiger partial charge on any atom is -0.481 e. The molecule has 3 rings (SSSR count). The minimum atomic E-state index is -0.718. The number of benzene rings is 1. The number of carbonyl (C=O) groups is 1. The van der Waals surface area contributed by atoms with Crippen LogP contribution < -0.4 is 0 Å². The van der Waals surface area contributed by atoms with E-state index in [0.717, 1.165) is 42.4 Å². The number of hydrogen-bond donors (Lipinski definition) is 1. The van der Waals surface area contributed by atoms with Crippen molar-refractivity contribution in [1.82, 2.24) is 4.98 Å². The lowest BCUT2D eigenvalue weighted by Gasteiger charge is -2.19. The second-order valence-corrected chi connectivity index (χ2v) is 6.31. The van der Waals surface area contributed by atoms with Gasteiger partial charge in [-0.25, -0.2) is 0 Å². The van der Waals surface area contributed by atoms with E-state index in [1.807, 2.05) is 30.3 Å². The lowest BCUT2D eigenvalue weighted by Crippen LogP contribution is -2.19. The molecule has 1 N–H and O–H groups in total. The highest BCUT2D eigenvalue weighted by atomic mass is 35.5. The van der Waals surface area contributed by atoms with Gasteiger partial charge in [0.1, 0.15) is 0 Å². The summed E-state index contributed by atoms with van der Waals surface area (Å²) in [5.41, 5.74) is 2.82. The standard InChI is InChI=1S/C18H18ClNO2/c19-16-9-15(10-20-11-16)12-5-7-14(8-6-12)17(18(21)22)13-3-1-2-4-13/h5-11,13,17H,1-4H2,(H,21,22)/t17-/m0/s1. The van der Waals surface area contributed by atoms with E-state index < -0.39 is 11.9 Å². The van der Waals surface area contributed by atoms with Crippen LogP contribution in [0.5, 0.6) is 0 Å². The largest absolute Gasteiger partial charge is 0.481 e. The Morgan fingerprint density at radius 2 is 1.82 bits per heavy atom. The molecule has 1 heterocycles. The SMILES string of the molecule is O=C(O)[C@H](c1ccc(-c2cncc(Cl)c2)cc1)C1CCCC1. The Bertz CT molecular complexity index is 663. The van der Waals surface area contributed by atoms with Crippen LogP contribution in [0.2, 0.25) is 5.02 Å². The number of aliphatic carboxylic acids is 1. The number of halogens is 1. The number of aromatic nitrogens is 1. The highest BCUT2D eigenvalue weighted by Gasteiger charge is 2.31. The topological polar surface area (TPSA) is 50.2 Å². The van der Waals surface area contributed by atoms with Crippen LogP contribution in [0.25, 0.3) is 11.1 Å². The molecule has 22 heavy (non-hydrogen) atoms. The molecule has 1 aromatic carbocycles. The molecular formula is C18H18ClNO2. The van der Waals surface area contributed by atoms with Gasteiger partial charge in [-0.15, -0.1) is 0 Å². The van der Waals surface area contributed by atoms with Crippen molar-refractivity contribution < 1.29 is 9.90 Å². The molecule has 0 unspecified atom stereocenters. The molecular weight excluding hydrogens is 298 g/mol. The van der Waals surface area contributed by atoms with Gasteiger partial charge in [0.25, 0.3) is 0 Å². The molecule has 0 aliphatic heterocycles. The molecule has 1 aromatic heterocycles. The summed E-state index contributed by atoms with van der Waals surface area (Å²) in [6.45, 7) is 0. The van der Waals surface area contributed by atoms with Gasteiger partial charge in [-0.3, -0.25) is 9.78 Å². The van der Waals surface area contributed by atoms with Crippen molar-refractivity contribution in [2.45, 2.75) is 31.6 Å². The molecule has 1 aliphatic carbocycles. The fraction of sp³-hybridized carbons (Fsp3) is 0.333. The molecule has 1 atom stereocenters. The molecule has 1 fully saturated rings. The van der Waals surface area contributed by atoms with Crippen LogP contribution in [0.4, 0.5) is 0 Å². The van der Waals surface area contributed by atoms with Crippen molar-refractivity contribution in [3.05, 3.63) is 53.3 Å². The average Bonchev–Trinajstić information content (AvgIpc) is 3.02. The van der Waals surface area contributed by atoms with Gasteiger partial charge in [0, 0.05) is 18.0 Å². The Hall–Kier alpha value is -1.87. The van der Waals surface area contributed by atoms with E-state index in [1.54, 1.807) is 12.4 Å². The zero-order valence-electron chi connectivity index (χ0n) is 12.2. The monoisotopic (exact) mass is 315 g/mol. The predicted octanol–water partition coefficient (Wildman–Crippen LogP) is 4.76. The van der Waals surface area contributed by atoms with Crippen molar-refractivity contribution in [2.24, 2.45) is 5.92 Å². The van der Waals surface area contributed by atoms with E-state index in [-0.39, 0.29) is 5.92 Å². The number of carboxylic acids is 1. The van der Waals surface area contributed by atoms with Crippen molar-refractivity contribution in [2.75, 3.05) is 0 Å². The van der Waals surface area contributed by atoms with Crippen molar-refractivity contribution in [3.63, 3.8) is 0 Å². The average molecular weight is 316 g/mol. The van der Waals surface area contributed by atoms with E-state index in [0.29, 0.717) is 5.02 Å². The van der Waals surface area contributed by atoms with E-state index in [4.69, 9.17) is 11.6 Å². The predicted molar refractivity (Wildman–Crippen MR) is 87.0 cm³/mol. The molecule has 114 valence electrons. The Labute approximate surface area is 135 Å². The van der Waals surface area contributed by atoms with Crippen LogP contribution >= 0.6 is 11.6 Å². The third-order valence-electron chi connectivity index (χ3n) is 4.45. The van der Waals surface area contributed by atoms with Gasteiger partial charge < -0.3 is 5.11 Å². The summed E-state index contributed by atoms with van der Waals surface area (Å²) in [4.78, 5) is 15.7. The number of nitrogens with zero attached hydrogens (tertiary/aromatic N) is 1.